The molecular formula is C21H25BrN2O3S. The van der Waals surface area contributed by atoms with Gasteiger partial charge in [0.05, 0.1) is 10.5 Å². The summed E-state index contributed by atoms with van der Waals surface area (Å²) < 4.78 is 27.6. The standard InChI is InChI=1S/C21H25BrN2O3S/c1-2-3-6-16-7-9-17(10-8-16)23-21(25)19-15-18(11-12-20(19)22)28(26,27)24-13-4-5-14-24/h7-12,15H,2-6,13-14H2,1H3,(H,23,25). The van der Waals surface area contributed by atoms with Gasteiger partial charge in [-0.25, -0.2) is 8.42 Å². The van der Waals surface area contributed by atoms with Crippen LogP contribution in [0.4, 0.5) is 5.69 Å². The van der Waals surface area contributed by atoms with Crippen molar-refractivity contribution in [2.75, 3.05) is 18.4 Å². The van der Waals surface area contributed by atoms with Crippen molar-refractivity contribution in [2.45, 2.75) is 43.9 Å². The van der Waals surface area contributed by atoms with Gasteiger partial charge in [0, 0.05) is 23.2 Å². The summed E-state index contributed by atoms with van der Waals surface area (Å²) >= 11 is 3.37. The zero-order valence-electron chi connectivity index (χ0n) is 15.9. The SMILES string of the molecule is CCCCc1ccc(NC(=O)c2cc(S(=O)(=O)N3CCCC3)ccc2Br)cc1. The summed E-state index contributed by atoms with van der Waals surface area (Å²) in [5.74, 6) is -0.341. The Morgan fingerprint density at radius 2 is 1.79 bits per heavy atom. The Morgan fingerprint density at radius 1 is 1.11 bits per heavy atom. The van der Waals surface area contributed by atoms with Gasteiger partial charge in [-0.3, -0.25) is 4.79 Å². The summed E-state index contributed by atoms with van der Waals surface area (Å²) in [6, 6.07) is 12.4. The molecule has 0 spiro atoms. The molecule has 7 heteroatoms. The van der Waals surface area contributed by atoms with Crippen molar-refractivity contribution in [2.24, 2.45) is 0 Å². The van der Waals surface area contributed by atoms with Crippen LogP contribution in [0, 0.1) is 0 Å². The first-order valence-electron chi connectivity index (χ1n) is 9.62. The maximum atomic E-state index is 12.8. The molecule has 1 N–H and O–H groups in total. The molecule has 2 aromatic rings. The molecule has 1 amide bonds. The lowest BCUT2D eigenvalue weighted by atomic mass is 10.1. The van der Waals surface area contributed by atoms with Gasteiger partial charge in [-0.2, -0.15) is 4.31 Å². The largest absolute Gasteiger partial charge is 0.322 e. The van der Waals surface area contributed by atoms with Crippen molar-refractivity contribution >= 4 is 37.5 Å². The second-order valence-electron chi connectivity index (χ2n) is 7.01. The molecule has 2 aromatic carbocycles. The lowest BCUT2D eigenvalue weighted by molar-refractivity contribution is 0.102. The molecule has 0 radical (unpaired) electrons. The summed E-state index contributed by atoms with van der Waals surface area (Å²) in [4.78, 5) is 12.9. The lowest BCUT2D eigenvalue weighted by Gasteiger charge is -2.16. The third-order valence-corrected chi connectivity index (χ3v) is 7.50. The van der Waals surface area contributed by atoms with Crippen molar-refractivity contribution in [1.82, 2.24) is 4.31 Å². The van der Waals surface area contributed by atoms with Gasteiger partial charge < -0.3 is 5.32 Å². The molecule has 1 aliphatic heterocycles. The average Bonchev–Trinajstić information content (AvgIpc) is 3.23. The van der Waals surface area contributed by atoms with E-state index >= 15 is 0 Å². The van der Waals surface area contributed by atoms with Crippen LogP contribution in [-0.2, 0) is 16.4 Å². The van der Waals surface area contributed by atoms with Gasteiger partial charge >= 0.3 is 0 Å². The average molecular weight is 465 g/mol. The molecule has 0 atom stereocenters. The number of benzene rings is 2. The van der Waals surface area contributed by atoms with Gasteiger partial charge in [0.2, 0.25) is 10.0 Å². The Morgan fingerprint density at radius 3 is 2.43 bits per heavy atom. The van der Waals surface area contributed by atoms with E-state index in [1.54, 1.807) is 6.07 Å². The zero-order chi connectivity index (χ0) is 20.1. The molecule has 1 aliphatic rings. The zero-order valence-corrected chi connectivity index (χ0v) is 18.4. The number of halogens is 1. The van der Waals surface area contributed by atoms with Crippen LogP contribution in [0.2, 0.25) is 0 Å². The summed E-state index contributed by atoms with van der Waals surface area (Å²) in [6.07, 6.45) is 5.04. The molecule has 150 valence electrons. The number of amides is 1. The number of unbranched alkanes of at least 4 members (excludes halogenated alkanes) is 1. The summed E-state index contributed by atoms with van der Waals surface area (Å²) in [5.41, 5.74) is 2.22. The number of carbonyl (C=O) groups excluding carboxylic acids is 1. The predicted molar refractivity (Wildman–Crippen MR) is 115 cm³/mol. The van der Waals surface area contributed by atoms with Crippen molar-refractivity contribution in [3.05, 3.63) is 58.1 Å². The Kier molecular flexibility index (Phi) is 6.91. The van der Waals surface area contributed by atoms with E-state index in [-0.39, 0.29) is 10.8 Å². The highest BCUT2D eigenvalue weighted by atomic mass is 79.9. The first kappa shape index (κ1) is 21.0. The van der Waals surface area contributed by atoms with Crippen molar-refractivity contribution in [3.63, 3.8) is 0 Å². The fourth-order valence-corrected chi connectivity index (χ4v) is 5.22. The second-order valence-corrected chi connectivity index (χ2v) is 9.80. The molecule has 1 fully saturated rings. The van der Waals surface area contributed by atoms with E-state index in [4.69, 9.17) is 0 Å². The number of carbonyl (C=O) groups is 1. The number of hydrogen-bond acceptors (Lipinski definition) is 3. The van der Waals surface area contributed by atoms with Gasteiger partial charge in [-0.15, -0.1) is 0 Å². The topological polar surface area (TPSA) is 66.5 Å². The highest BCUT2D eigenvalue weighted by Crippen LogP contribution is 2.26. The summed E-state index contributed by atoms with van der Waals surface area (Å²) in [7, 11) is -3.57. The number of nitrogens with zero attached hydrogens (tertiary/aromatic N) is 1. The van der Waals surface area contributed by atoms with E-state index in [9.17, 15) is 13.2 Å². The molecule has 0 unspecified atom stereocenters. The number of sulfonamides is 1. The molecule has 1 saturated heterocycles. The number of nitrogens with one attached hydrogen (secondary N) is 1. The van der Waals surface area contributed by atoms with Crippen molar-refractivity contribution in [1.29, 1.82) is 0 Å². The summed E-state index contributed by atoms with van der Waals surface area (Å²) in [5, 5.41) is 2.85. The molecule has 0 aromatic heterocycles. The molecule has 0 bridgehead atoms. The first-order valence-corrected chi connectivity index (χ1v) is 11.8. The van der Waals surface area contributed by atoms with E-state index in [2.05, 4.69) is 28.2 Å². The number of rotatable bonds is 7. The highest BCUT2D eigenvalue weighted by Gasteiger charge is 2.28. The summed E-state index contributed by atoms with van der Waals surface area (Å²) in [6.45, 7) is 3.22. The fourth-order valence-electron chi connectivity index (χ4n) is 3.25. The number of hydrogen-bond donors (Lipinski definition) is 1. The molecule has 3 rings (SSSR count). The van der Waals surface area contributed by atoms with Crippen LogP contribution in [0.5, 0.6) is 0 Å². The van der Waals surface area contributed by atoms with Crippen LogP contribution < -0.4 is 5.32 Å². The minimum Gasteiger partial charge on any atom is -0.322 e. The monoisotopic (exact) mass is 464 g/mol. The van der Waals surface area contributed by atoms with Crippen molar-refractivity contribution in [3.8, 4) is 0 Å². The van der Waals surface area contributed by atoms with Crippen LogP contribution in [0.3, 0.4) is 0 Å². The number of anilines is 1. The van der Waals surface area contributed by atoms with Crippen LogP contribution in [0.1, 0.15) is 48.5 Å². The molecule has 0 aliphatic carbocycles. The van der Waals surface area contributed by atoms with Gasteiger partial charge in [-0.05, 0) is 77.5 Å². The van der Waals surface area contributed by atoms with E-state index in [1.165, 1.54) is 22.0 Å². The second kappa shape index (κ2) is 9.20. The molecule has 0 saturated carbocycles. The van der Waals surface area contributed by atoms with Crippen LogP contribution in [0.25, 0.3) is 0 Å². The fraction of sp³-hybridized carbons (Fsp3) is 0.381. The van der Waals surface area contributed by atoms with E-state index in [0.29, 0.717) is 28.8 Å². The van der Waals surface area contributed by atoms with Crippen molar-refractivity contribution < 1.29 is 13.2 Å². The first-order chi connectivity index (χ1) is 13.4. The van der Waals surface area contributed by atoms with Gasteiger partial charge in [0.1, 0.15) is 0 Å². The molecular weight excluding hydrogens is 440 g/mol. The van der Waals surface area contributed by atoms with Gasteiger partial charge in [0.15, 0.2) is 0 Å². The van der Waals surface area contributed by atoms with Crippen LogP contribution in [0.15, 0.2) is 51.8 Å². The quantitative estimate of drug-likeness (QED) is 0.637. The smallest absolute Gasteiger partial charge is 0.256 e. The van der Waals surface area contributed by atoms with Gasteiger partial charge in [0.25, 0.3) is 5.91 Å². The highest BCUT2D eigenvalue weighted by molar-refractivity contribution is 9.10. The third kappa shape index (κ3) is 4.82. The van der Waals surface area contributed by atoms with E-state index in [1.807, 2.05) is 24.3 Å². The molecule has 1 heterocycles. The van der Waals surface area contributed by atoms with E-state index < -0.39 is 10.0 Å². The Bertz CT molecular complexity index is 937. The van der Waals surface area contributed by atoms with Crippen LogP contribution in [-0.4, -0.2) is 31.7 Å². The maximum absolute atomic E-state index is 12.8. The molecule has 5 nitrogen and oxygen atoms in total. The number of aryl methyl sites for hydroxylation is 1. The minimum atomic E-state index is -3.57. The Hall–Kier alpha value is -1.70. The minimum absolute atomic E-state index is 0.151. The Balaban J connectivity index is 1.78. The third-order valence-electron chi connectivity index (χ3n) is 4.92. The van der Waals surface area contributed by atoms with Gasteiger partial charge in [-0.1, -0.05) is 25.5 Å². The Labute approximate surface area is 175 Å². The van der Waals surface area contributed by atoms with E-state index in [0.717, 1.165) is 32.1 Å². The lowest BCUT2D eigenvalue weighted by Crippen LogP contribution is -2.28. The molecule has 28 heavy (non-hydrogen) atoms. The maximum Gasteiger partial charge on any atom is 0.256 e. The predicted octanol–water partition coefficient (Wildman–Crippen LogP) is 4.83. The normalized spacial score (nSPS) is 14.9. The van der Waals surface area contributed by atoms with Crippen LogP contribution >= 0.6 is 15.9 Å².